The zero-order valence-corrected chi connectivity index (χ0v) is 20.0. The molecule has 4 aromatic rings. The molecule has 0 aromatic heterocycles. The van der Waals surface area contributed by atoms with Crippen LogP contribution in [0, 0.1) is 6.92 Å². The molecule has 0 aliphatic heterocycles. The summed E-state index contributed by atoms with van der Waals surface area (Å²) in [7, 11) is 0. The molecule has 180 valence electrons. The predicted octanol–water partition coefficient (Wildman–Crippen LogP) is 6.20. The lowest BCUT2D eigenvalue weighted by atomic mass is 9.93. The molecule has 1 atom stereocenters. The molecule has 36 heavy (non-hydrogen) atoms. The Balaban J connectivity index is 1.30. The van der Waals surface area contributed by atoms with E-state index in [2.05, 4.69) is 17.4 Å². The summed E-state index contributed by atoms with van der Waals surface area (Å²) in [6.07, 6.45) is -0.595. The quantitative estimate of drug-likeness (QED) is 0.332. The van der Waals surface area contributed by atoms with E-state index in [1.165, 1.54) is 0 Å². The molecular formula is C31H27NO4. The number of hydrogen-bond donors (Lipinski definition) is 2. The highest BCUT2D eigenvalue weighted by Crippen LogP contribution is 2.44. The van der Waals surface area contributed by atoms with Gasteiger partial charge in [0.1, 0.15) is 12.6 Å². The number of aliphatic carboxylic acids is 1. The molecule has 0 bridgehead atoms. The zero-order chi connectivity index (χ0) is 25.1. The van der Waals surface area contributed by atoms with Crippen molar-refractivity contribution in [2.24, 2.45) is 0 Å². The van der Waals surface area contributed by atoms with Gasteiger partial charge in [0.2, 0.25) is 0 Å². The van der Waals surface area contributed by atoms with Crippen LogP contribution in [0.5, 0.6) is 0 Å². The molecule has 0 saturated heterocycles. The number of carbonyl (C=O) groups is 2. The second-order valence-electron chi connectivity index (χ2n) is 9.04. The summed E-state index contributed by atoms with van der Waals surface area (Å²) in [4.78, 5) is 24.8. The standard InChI is InChI=1S/C31H27NO4/c1-20-10-2-4-12-22(20)23-13-5-3-11-21(23)18-29(30(33)34)32-31(35)36-19-28-26-16-8-6-14-24(26)25-15-7-9-17-27(25)28/h2-17,28-29H,18-19H2,1H3,(H,32,35)(H,33,34). The fourth-order valence-electron chi connectivity index (χ4n) is 5.04. The van der Waals surface area contributed by atoms with Crippen LogP contribution in [0.1, 0.15) is 28.2 Å². The fraction of sp³-hybridized carbons (Fsp3) is 0.161. The average molecular weight is 478 g/mol. The second kappa shape index (κ2) is 10.1. The van der Waals surface area contributed by atoms with Gasteiger partial charge >= 0.3 is 12.1 Å². The number of alkyl carbamates (subject to hydrolysis) is 1. The van der Waals surface area contributed by atoms with Crippen molar-refractivity contribution in [1.82, 2.24) is 5.32 Å². The molecule has 4 aromatic carbocycles. The third kappa shape index (κ3) is 4.60. The van der Waals surface area contributed by atoms with Crippen molar-refractivity contribution < 1.29 is 19.4 Å². The lowest BCUT2D eigenvalue weighted by Gasteiger charge is -2.19. The van der Waals surface area contributed by atoms with Crippen LogP contribution < -0.4 is 5.32 Å². The van der Waals surface area contributed by atoms with Crippen molar-refractivity contribution in [2.45, 2.75) is 25.3 Å². The summed E-state index contributed by atoms with van der Waals surface area (Å²) >= 11 is 0. The highest BCUT2D eigenvalue weighted by molar-refractivity contribution is 5.82. The lowest BCUT2D eigenvalue weighted by molar-refractivity contribution is -0.139. The van der Waals surface area contributed by atoms with Crippen molar-refractivity contribution in [2.75, 3.05) is 6.61 Å². The topological polar surface area (TPSA) is 75.6 Å². The summed E-state index contributed by atoms with van der Waals surface area (Å²) in [6, 6.07) is 30.7. The molecule has 0 saturated carbocycles. The smallest absolute Gasteiger partial charge is 0.407 e. The van der Waals surface area contributed by atoms with Gasteiger partial charge in [-0.05, 0) is 51.4 Å². The van der Waals surface area contributed by atoms with E-state index in [4.69, 9.17) is 4.74 Å². The number of rotatable bonds is 7. The van der Waals surface area contributed by atoms with E-state index >= 15 is 0 Å². The summed E-state index contributed by atoms with van der Waals surface area (Å²) in [5, 5.41) is 12.4. The maximum atomic E-state index is 12.7. The van der Waals surface area contributed by atoms with E-state index in [0.29, 0.717) is 0 Å². The van der Waals surface area contributed by atoms with E-state index < -0.39 is 18.1 Å². The molecule has 1 amide bonds. The zero-order valence-electron chi connectivity index (χ0n) is 20.0. The van der Waals surface area contributed by atoms with Gasteiger partial charge in [0, 0.05) is 12.3 Å². The Bertz CT molecular complexity index is 1380. The molecule has 5 nitrogen and oxygen atoms in total. The Morgan fingerprint density at radius 1 is 0.778 bits per heavy atom. The van der Waals surface area contributed by atoms with Crippen molar-refractivity contribution in [1.29, 1.82) is 0 Å². The van der Waals surface area contributed by atoms with Crippen molar-refractivity contribution in [3.63, 3.8) is 0 Å². The number of hydrogen-bond acceptors (Lipinski definition) is 3. The van der Waals surface area contributed by atoms with Crippen LogP contribution in [-0.2, 0) is 16.0 Å². The maximum absolute atomic E-state index is 12.7. The van der Waals surface area contributed by atoms with Crippen LogP contribution >= 0.6 is 0 Å². The first kappa shape index (κ1) is 23.4. The molecule has 1 aliphatic carbocycles. The second-order valence-corrected chi connectivity index (χ2v) is 9.04. The SMILES string of the molecule is Cc1ccccc1-c1ccccc1CC(NC(=O)OCC1c2ccccc2-c2ccccc21)C(=O)O. The van der Waals surface area contributed by atoms with Gasteiger partial charge in [-0.25, -0.2) is 9.59 Å². The van der Waals surface area contributed by atoms with Crippen molar-refractivity contribution >= 4 is 12.1 Å². The molecule has 1 aliphatic rings. The minimum atomic E-state index is -1.12. The fourth-order valence-corrected chi connectivity index (χ4v) is 5.04. The van der Waals surface area contributed by atoms with Gasteiger partial charge < -0.3 is 15.2 Å². The van der Waals surface area contributed by atoms with Gasteiger partial charge in [-0.3, -0.25) is 0 Å². The van der Waals surface area contributed by atoms with Crippen LogP contribution in [0.3, 0.4) is 0 Å². The van der Waals surface area contributed by atoms with Crippen molar-refractivity contribution in [3.8, 4) is 22.3 Å². The number of amides is 1. The van der Waals surface area contributed by atoms with Gasteiger partial charge in [-0.1, -0.05) is 97.1 Å². The normalized spacial score (nSPS) is 12.9. The maximum Gasteiger partial charge on any atom is 0.407 e. The Labute approximate surface area is 210 Å². The molecule has 2 N–H and O–H groups in total. The van der Waals surface area contributed by atoms with E-state index in [1.54, 1.807) is 0 Å². The summed E-state index contributed by atoms with van der Waals surface area (Å²) in [6.45, 7) is 2.15. The molecular weight excluding hydrogens is 450 g/mol. The van der Waals surface area contributed by atoms with Gasteiger partial charge in [0.25, 0.3) is 0 Å². The Hall–Kier alpha value is -4.38. The number of carboxylic acids is 1. The molecule has 0 heterocycles. The molecule has 0 radical (unpaired) electrons. The molecule has 5 rings (SSSR count). The van der Waals surface area contributed by atoms with Crippen LogP contribution in [0.2, 0.25) is 0 Å². The molecule has 1 unspecified atom stereocenters. The number of nitrogens with one attached hydrogen (secondary N) is 1. The Morgan fingerprint density at radius 2 is 1.31 bits per heavy atom. The number of carbonyl (C=O) groups excluding carboxylic acids is 1. The van der Waals surface area contributed by atoms with Crippen LogP contribution in [-0.4, -0.2) is 29.8 Å². The van der Waals surface area contributed by atoms with Gasteiger partial charge in [0.15, 0.2) is 0 Å². The minimum Gasteiger partial charge on any atom is -0.480 e. The largest absolute Gasteiger partial charge is 0.480 e. The number of aryl methyl sites for hydroxylation is 1. The van der Waals surface area contributed by atoms with Gasteiger partial charge in [-0.15, -0.1) is 0 Å². The van der Waals surface area contributed by atoms with Crippen LogP contribution in [0.25, 0.3) is 22.3 Å². The lowest BCUT2D eigenvalue weighted by Crippen LogP contribution is -2.43. The van der Waals surface area contributed by atoms with Gasteiger partial charge in [-0.2, -0.15) is 0 Å². The van der Waals surface area contributed by atoms with E-state index in [-0.39, 0.29) is 18.9 Å². The minimum absolute atomic E-state index is 0.0896. The first-order chi connectivity index (χ1) is 17.5. The molecule has 0 spiro atoms. The van der Waals surface area contributed by atoms with Crippen LogP contribution in [0.15, 0.2) is 97.1 Å². The van der Waals surface area contributed by atoms with Crippen molar-refractivity contribution in [3.05, 3.63) is 119 Å². The predicted molar refractivity (Wildman–Crippen MR) is 140 cm³/mol. The monoisotopic (exact) mass is 477 g/mol. The highest BCUT2D eigenvalue weighted by atomic mass is 16.5. The highest BCUT2D eigenvalue weighted by Gasteiger charge is 2.30. The third-order valence-corrected chi connectivity index (χ3v) is 6.81. The van der Waals surface area contributed by atoms with E-state index in [1.807, 2.05) is 91.9 Å². The first-order valence-corrected chi connectivity index (χ1v) is 12.0. The molecule has 5 heteroatoms. The number of fused-ring (bicyclic) bond motifs is 3. The summed E-state index contributed by atoms with van der Waals surface area (Å²) in [5.41, 5.74) is 8.42. The first-order valence-electron chi connectivity index (χ1n) is 12.0. The van der Waals surface area contributed by atoms with E-state index in [0.717, 1.165) is 44.5 Å². The average Bonchev–Trinajstić information content (AvgIpc) is 3.21. The van der Waals surface area contributed by atoms with Crippen LogP contribution in [0.4, 0.5) is 4.79 Å². The number of ether oxygens (including phenoxy) is 1. The molecule has 0 fully saturated rings. The third-order valence-electron chi connectivity index (χ3n) is 6.81. The number of benzene rings is 4. The number of carboxylic acid groups (broad SMARTS) is 1. The Morgan fingerprint density at radius 3 is 1.92 bits per heavy atom. The Kier molecular flexibility index (Phi) is 6.54. The summed E-state index contributed by atoms with van der Waals surface area (Å²) < 4.78 is 5.58. The summed E-state index contributed by atoms with van der Waals surface area (Å²) in [5.74, 6) is -1.20. The van der Waals surface area contributed by atoms with E-state index in [9.17, 15) is 14.7 Å². The van der Waals surface area contributed by atoms with Gasteiger partial charge in [0.05, 0.1) is 0 Å².